The van der Waals surface area contributed by atoms with E-state index in [0.29, 0.717) is 29.4 Å². The molecule has 0 saturated carbocycles. The zero-order valence-corrected chi connectivity index (χ0v) is 12.2. The first-order valence-electron chi connectivity index (χ1n) is 6.81. The minimum Gasteiger partial charge on any atom is -0.482 e. The van der Waals surface area contributed by atoms with Gasteiger partial charge in [0.1, 0.15) is 11.4 Å². The van der Waals surface area contributed by atoms with Gasteiger partial charge in [-0.1, -0.05) is 6.08 Å². The number of aldehydes is 1. The lowest BCUT2D eigenvalue weighted by Crippen LogP contribution is -2.35. The molecule has 112 valence electrons. The number of carbonyl (C=O) groups excluding carboxylic acids is 2. The van der Waals surface area contributed by atoms with Crippen LogP contribution in [0.15, 0.2) is 36.9 Å². The first-order chi connectivity index (χ1) is 10.6. The number of allylic oxidation sites excluding steroid dienone is 1. The van der Waals surface area contributed by atoms with Crippen LogP contribution in [0.5, 0.6) is 5.75 Å². The quantitative estimate of drug-likeness (QED) is 0.638. The highest BCUT2D eigenvalue weighted by atomic mass is 16.5. The van der Waals surface area contributed by atoms with Crippen LogP contribution in [0.2, 0.25) is 0 Å². The number of rotatable bonds is 4. The molecule has 0 saturated heterocycles. The zero-order chi connectivity index (χ0) is 15.7. The van der Waals surface area contributed by atoms with Gasteiger partial charge in [-0.15, -0.1) is 6.58 Å². The fourth-order valence-electron chi connectivity index (χ4n) is 2.37. The topological polar surface area (TPSA) is 64.4 Å². The normalized spacial score (nSPS) is 13.5. The molecule has 0 aliphatic carbocycles. The van der Waals surface area contributed by atoms with E-state index in [2.05, 4.69) is 11.7 Å². The molecule has 1 aromatic heterocycles. The van der Waals surface area contributed by atoms with E-state index in [1.807, 2.05) is 12.1 Å². The maximum Gasteiger partial charge on any atom is 0.264 e. The highest BCUT2D eigenvalue weighted by molar-refractivity contribution is 5.98. The van der Waals surface area contributed by atoms with E-state index in [9.17, 15) is 9.59 Å². The van der Waals surface area contributed by atoms with Gasteiger partial charge < -0.3 is 9.64 Å². The molecule has 6 nitrogen and oxygen atoms in total. The molecule has 22 heavy (non-hydrogen) atoms. The second-order valence-electron chi connectivity index (χ2n) is 4.97. The molecule has 1 aromatic carbocycles. The van der Waals surface area contributed by atoms with Crippen molar-refractivity contribution in [2.24, 2.45) is 0 Å². The van der Waals surface area contributed by atoms with Gasteiger partial charge in [0.2, 0.25) is 0 Å². The Balaban J connectivity index is 2.04. The number of carbonyl (C=O) groups is 2. The van der Waals surface area contributed by atoms with E-state index in [-0.39, 0.29) is 12.5 Å². The third-order valence-corrected chi connectivity index (χ3v) is 3.58. The summed E-state index contributed by atoms with van der Waals surface area (Å²) < 4.78 is 6.98. The van der Waals surface area contributed by atoms with E-state index >= 15 is 0 Å². The van der Waals surface area contributed by atoms with Crippen LogP contribution in [-0.4, -0.2) is 35.6 Å². The highest BCUT2D eigenvalue weighted by Gasteiger charge is 2.23. The number of fused-ring (bicyclic) bond motifs is 1. The van der Waals surface area contributed by atoms with Crippen LogP contribution in [0.3, 0.4) is 0 Å². The zero-order valence-electron chi connectivity index (χ0n) is 12.2. The molecule has 0 atom stereocenters. The smallest absolute Gasteiger partial charge is 0.264 e. The Kier molecular flexibility index (Phi) is 3.50. The Morgan fingerprint density at radius 2 is 2.23 bits per heavy atom. The molecule has 6 heteroatoms. The van der Waals surface area contributed by atoms with Gasteiger partial charge in [0, 0.05) is 12.6 Å². The molecule has 0 spiro atoms. The summed E-state index contributed by atoms with van der Waals surface area (Å²) in [6, 6.07) is 7.21. The van der Waals surface area contributed by atoms with Crippen LogP contribution in [0.1, 0.15) is 10.5 Å². The van der Waals surface area contributed by atoms with E-state index in [0.717, 1.165) is 11.8 Å². The van der Waals surface area contributed by atoms with Crippen LogP contribution in [-0.2, 0) is 11.3 Å². The maximum absolute atomic E-state index is 11.7. The molecule has 1 aliphatic heterocycles. The molecule has 0 N–H and O–H groups in total. The summed E-state index contributed by atoms with van der Waals surface area (Å²) in [5, 5.41) is 4.40. The Labute approximate surface area is 127 Å². The third kappa shape index (κ3) is 2.28. The Morgan fingerprint density at radius 1 is 1.41 bits per heavy atom. The van der Waals surface area contributed by atoms with Gasteiger partial charge in [0.05, 0.1) is 17.9 Å². The van der Waals surface area contributed by atoms with Gasteiger partial charge in [0.25, 0.3) is 5.91 Å². The van der Waals surface area contributed by atoms with Crippen LogP contribution in [0.25, 0.3) is 11.3 Å². The van der Waals surface area contributed by atoms with Crippen LogP contribution in [0.4, 0.5) is 5.69 Å². The van der Waals surface area contributed by atoms with Crippen molar-refractivity contribution in [3.8, 4) is 17.0 Å². The summed E-state index contributed by atoms with van der Waals surface area (Å²) in [5.41, 5.74) is 2.65. The summed E-state index contributed by atoms with van der Waals surface area (Å²) in [6.07, 6.45) is 2.44. The van der Waals surface area contributed by atoms with Crippen molar-refractivity contribution in [3.05, 3.63) is 42.6 Å². The summed E-state index contributed by atoms with van der Waals surface area (Å²) in [5.74, 6) is 0.558. The fraction of sp³-hybridized carbons (Fsp3) is 0.188. The SMILES string of the molecule is C=CCn1nc(-c2ccc3c(c2)N(C)C(=O)CO3)cc1C=O. The molecule has 2 heterocycles. The molecular formula is C16H15N3O3. The van der Waals surface area contributed by atoms with Gasteiger partial charge in [-0.3, -0.25) is 14.3 Å². The number of ether oxygens (including phenoxy) is 1. The van der Waals surface area contributed by atoms with Crippen molar-refractivity contribution in [2.75, 3.05) is 18.6 Å². The van der Waals surface area contributed by atoms with Crippen LogP contribution in [0, 0.1) is 0 Å². The predicted molar refractivity (Wildman–Crippen MR) is 82.2 cm³/mol. The van der Waals surface area contributed by atoms with Crippen molar-refractivity contribution < 1.29 is 14.3 Å². The fourth-order valence-corrected chi connectivity index (χ4v) is 2.37. The van der Waals surface area contributed by atoms with Gasteiger partial charge in [-0.25, -0.2) is 0 Å². The van der Waals surface area contributed by atoms with Crippen molar-refractivity contribution in [2.45, 2.75) is 6.54 Å². The van der Waals surface area contributed by atoms with Crippen LogP contribution < -0.4 is 9.64 Å². The highest BCUT2D eigenvalue weighted by Crippen LogP contribution is 2.35. The standard InChI is InChI=1S/C16H15N3O3/c1-3-6-19-12(9-20)8-13(17-19)11-4-5-15-14(7-11)18(2)16(21)10-22-15/h3-5,7-9H,1,6,10H2,2H3. The first-order valence-corrected chi connectivity index (χ1v) is 6.81. The van der Waals surface area contributed by atoms with Gasteiger partial charge in [-0.2, -0.15) is 5.10 Å². The van der Waals surface area contributed by atoms with Gasteiger partial charge in [0.15, 0.2) is 12.9 Å². The van der Waals surface area contributed by atoms with Crippen molar-refractivity contribution in [1.29, 1.82) is 0 Å². The van der Waals surface area contributed by atoms with E-state index < -0.39 is 0 Å². The number of likely N-dealkylation sites (N-methyl/N-ethyl adjacent to an activating group) is 1. The largest absolute Gasteiger partial charge is 0.482 e. The Bertz CT molecular complexity index is 764. The number of benzene rings is 1. The third-order valence-electron chi connectivity index (χ3n) is 3.58. The average molecular weight is 297 g/mol. The number of anilines is 1. The Hall–Kier alpha value is -2.89. The number of aromatic nitrogens is 2. The van der Waals surface area contributed by atoms with Crippen molar-refractivity contribution in [1.82, 2.24) is 9.78 Å². The first kappa shape index (κ1) is 14.1. The summed E-state index contributed by atoms with van der Waals surface area (Å²) in [4.78, 5) is 24.4. The average Bonchev–Trinajstić information content (AvgIpc) is 2.94. The van der Waals surface area contributed by atoms with Crippen molar-refractivity contribution >= 4 is 17.9 Å². The lowest BCUT2D eigenvalue weighted by atomic mass is 10.1. The molecule has 1 aliphatic rings. The molecule has 0 radical (unpaired) electrons. The molecule has 3 rings (SSSR count). The minimum absolute atomic E-state index is 0.0477. The lowest BCUT2D eigenvalue weighted by Gasteiger charge is -2.26. The Morgan fingerprint density at radius 3 is 2.95 bits per heavy atom. The number of hydrogen-bond donors (Lipinski definition) is 0. The molecular weight excluding hydrogens is 282 g/mol. The molecule has 0 unspecified atom stereocenters. The van der Waals surface area contributed by atoms with E-state index in [1.54, 1.807) is 34.8 Å². The second-order valence-corrected chi connectivity index (χ2v) is 4.97. The number of amides is 1. The van der Waals surface area contributed by atoms with Crippen molar-refractivity contribution in [3.63, 3.8) is 0 Å². The summed E-state index contributed by atoms with van der Waals surface area (Å²) in [7, 11) is 1.71. The minimum atomic E-state index is -0.101. The molecule has 2 aromatic rings. The maximum atomic E-state index is 11.7. The lowest BCUT2D eigenvalue weighted by molar-refractivity contribution is -0.120. The molecule has 0 bridgehead atoms. The summed E-state index contributed by atoms with van der Waals surface area (Å²) in [6.45, 7) is 4.16. The van der Waals surface area contributed by atoms with Crippen LogP contribution >= 0.6 is 0 Å². The number of hydrogen-bond acceptors (Lipinski definition) is 4. The van der Waals surface area contributed by atoms with Gasteiger partial charge >= 0.3 is 0 Å². The summed E-state index contributed by atoms with van der Waals surface area (Å²) >= 11 is 0. The van der Waals surface area contributed by atoms with Gasteiger partial charge in [-0.05, 0) is 24.3 Å². The molecule has 1 amide bonds. The van der Waals surface area contributed by atoms with E-state index in [4.69, 9.17) is 4.74 Å². The monoisotopic (exact) mass is 297 g/mol. The number of nitrogens with zero attached hydrogens (tertiary/aromatic N) is 3. The second kappa shape index (κ2) is 5.48. The van der Waals surface area contributed by atoms with E-state index in [1.165, 1.54) is 0 Å². The predicted octanol–water partition coefficient (Wildman–Crippen LogP) is 1.90. The molecule has 0 fully saturated rings.